The van der Waals surface area contributed by atoms with Crippen molar-refractivity contribution in [2.45, 2.75) is 0 Å². The fraction of sp³-hybridized carbons (Fsp3) is 0. The van der Waals surface area contributed by atoms with Crippen LogP contribution in [-0.4, -0.2) is 11.9 Å². The SMILES string of the molecule is C=Nc1ccccc1N(N)O. The van der Waals surface area contributed by atoms with Crippen molar-refractivity contribution in [1.82, 2.24) is 0 Å². The number of anilines is 1. The Balaban J connectivity index is 3.12. The van der Waals surface area contributed by atoms with Gasteiger partial charge < -0.3 is 0 Å². The summed E-state index contributed by atoms with van der Waals surface area (Å²) in [5, 5.41) is 9.38. The van der Waals surface area contributed by atoms with Gasteiger partial charge in [-0.05, 0) is 18.9 Å². The Hall–Kier alpha value is -1.39. The summed E-state index contributed by atoms with van der Waals surface area (Å²) in [7, 11) is 0. The molecular weight excluding hydrogens is 142 g/mol. The Kier molecular flexibility index (Phi) is 2.20. The van der Waals surface area contributed by atoms with Crippen LogP contribution in [0.15, 0.2) is 29.3 Å². The molecule has 0 fully saturated rings. The van der Waals surface area contributed by atoms with Crippen LogP contribution in [0.3, 0.4) is 0 Å². The number of benzene rings is 1. The predicted octanol–water partition coefficient (Wildman–Crippen LogP) is 1.09. The summed E-state index contributed by atoms with van der Waals surface area (Å²) in [6, 6.07) is 6.89. The van der Waals surface area contributed by atoms with Crippen LogP contribution in [0.5, 0.6) is 0 Å². The Morgan fingerprint density at radius 2 is 2.09 bits per heavy atom. The summed E-state index contributed by atoms with van der Waals surface area (Å²) in [5.74, 6) is 5.09. The monoisotopic (exact) mass is 151 g/mol. The highest BCUT2D eigenvalue weighted by Gasteiger charge is 2.01. The normalized spacial score (nSPS) is 9.27. The number of hydrogen-bond acceptors (Lipinski definition) is 4. The molecule has 1 rings (SSSR count). The lowest BCUT2D eigenvalue weighted by molar-refractivity contribution is 0.258. The van der Waals surface area contributed by atoms with E-state index in [0.29, 0.717) is 16.5 Å². The van der Waals surface area contributed by atoms with E-state index in [1.165, 1.54) is 0 Å². The highest BCUT2D eigenvalue weighted by Crippen LogP contribution is 2.24. The number of para-hydroxylation sites is 2. The van der Waals surface area contributed by atoms with Gasteiger partial charge in [-0.25, -0.2) is 5.84 Å². The fourth-order valence-electron chi connectivity index (χ4n) is 0.792. The molecule has 0 saturated carbocycles. The molecule has 0 radical (unpaired) electrons. The zero-order valence-electron chi connectivity index (χ0n) is 5.94. The summed E-state index contributed by atoms with van der Waals surface area (Å²) in [4.78, 5) is 3.66. The van der Waals surface area contributed by atoms with Gasteiger partial charge >= 0.3 is 0 Å². The predicted molar refractivity (Wildman–Crippen MR) is 44.1 cm³/mol. The first kappa shape index (κ1) is 7.71. The topological polar surface area (TPSA) is 61.8 Å². The van der Waals surface area contributed by atoms with Gasteiger partial charge in [0.2, 0.25) is 0 Å². The smallest absolute Gasteiger partial charge is 0.107 e. The highest BCUT2D eigenvalue weighted by molar-refractivity contribution is 5.66. The van der Waals surface area contributed by atoms with E-state index < -0.39 is 0 Å². The largest absolute Gasteiger partial charge is 0.273 e. The molecule has 0 aromatic heterocycles. The van der Waals surface area contributed by atoms with Crippen molar-refractivity contribution < 1.29 is 5.21 Å². The van der Waals surface area contributed by atoms with Gasteiger partial charge in [0.15, 0.2) is 0 Å². The van der Waals surface area contributed by atoms with Gasteiger partial charge in [-0.3, -0.25) is 10.2 Å². The van der Waals surface area contributed by atoms with E-state index in [9.17, 15) is 0 Å². The maximum atomic E-state index is 8.86. The number of hydrazine groups is 1. The Morgan fingerprint density at radius 3 is 2.55 bits per heavy atom. The van der Waals surface area contributed by atoms with E-state index >= 15 is 0 Å². The van der Waals surface area contributed by atoms with Gasteiger partial charge in [0.25, 0.3) is 0 Å². The molecule has 0 saturated heterocycles. The first-order chi connectivity index (χ1) is 5.25. The first-order valence-corrected chi connectivity index (χ1v) is 3.05. The molecule has 1 aromatic rings. The molecule has 11 heavy (non-hydrogen) atoms. The van der Waals surface area contributed by atoms with Crippen LogP contribution < -0.4 is 11.0 Å². The Morgan fingerprint density at radius 1 is 1.45 bits per heavy atom. The molecule has 0 aliphatic rings. The van der Waals surface area contributed by atoms with Gasteiger partial charge in [-0.1, -0.05) is 12.1 Å². The van der Waals surface area contributed by atoms with Crippen molar-refractivity contribution in [3.05, 3.63) is 24.3 Å². The molecule has 0 aliphatic heterocycles. The van der Waals surface area contributed by atoms with Crippen LogP contribution in [0.1, 0.15) is 0 Å². The molecule has 0 amide bonds. The maximum Gasteiger partial charge on any atom is 0.107 e. The summed E-state index contributed by atoms with van der Waals surface area (Å²) < 4.78 is 0. The number of nitrogens with two attached hydrogens (primary N) is 1. The quantitative estimate of drug-likeness (QED) is 0.378. The van der Waals surface area contributed by atoms with Gasteiger partial charge in [-0.15, -0.1) is 0 Å². The molecule has 0 spiro atoms. The molecule has 4 nitrogen and oxygen atoms in total. The Labute approximate surface area is 64.5 Å². The third kappa shape index (κ3) is 1.54. The maximum absolute atomic E-state index is 8.86. The lowest BCUT2D eigenvalue weighted by Crippen LogP contribution is -2.25. The molecule has 0 unspecified atom stereocenters. The average Bonchev–Trinajstić information content (AvgIpc) is 2.04. The van der Waals surface area contributed by atoms with Crippen molar-refractivity contribution in [2.24, 2.45) is 10.8 Å². The minimum Gasteiger partial charge on any atom is -0.273 e. The molecule has 58 valence electrons. The second-order valence-electron chi connectivity index (χ2n) is 1.99. The minimum atomic E-state index is 0.433. The standard InChI is InChI=1S/C7H9N3O/c1-9-6-4-2-3-5-7(6)10(8)11/h2-5,11H,1,8H2. The van der Waals surface area contributed by atoms with Gasteiger partial charge in [0.05, 0.1) is 5.69 Å². The fourth-order valence-corrected chi connectivity index (χ4v) is 0.792. The zero-order chi connectivity index (χ0) is 8.27. The summed E-state index contributed by atoms with van der Waals surface area (Å²) in [6.07, 6.45) is 0. The second-order valence-corrected chi connectivity index (χ2v) is 1.99. The molecule has 4 heteroatoms. The van der Waals surface area contributed by atoms with Crippen LogP contribution in [0, 0.1) is 0 Å². The van der Waals surface area contributed by atoms with E-state index in [-0.39, 0.29) is 0 Å². The second kappa shape index (κ2) is 3.14. The Bertz CT molecular complexity index is 260. The van der Waals surface area contributed by atoms with Crippen molar-refractivity contribution in [2.75, 3.05) is 5.17 Å². The average molecular weight is 151 g/mol. The number of hydrogen-bond donors (Lipinski definition) is 2. The highest BCUT2D eigenvalue weighted by atomic mass is 16.5. The lowest BCUT2D eigenvalue weighted by atomic mass is 10.3. The lowest BCUT2D eigenvalue weighted by Gasteiger charge is -2.10. The zero-order valence-corrected chi connectivity index (χ0v) is 5.94. The van der Waals surface area contributed by atoms with E-state index in [0.717, 1.165) is 0 Å². The van der Waals surface area contributed by atoms with Crippen LogP contribution >= 0.6 is 0 Å². The van der Waals surface area contributed by atoms with Crippen LogP contribution in [0.2, 0.25) is 0 Å². The van der Waals surface area contributed by atoms with E-state index in [2.05, 4.69) is 11.7 Å². The first-order valence-electron chi connectivity index (χ1n) is 3.05. The number of aliphatic imine (C=N–C) groups is 1. The molecule has 0 atom stereocenters. The van der Waals surface area contributed by atoms with E-state index in [1.807, 2.05) is 0 Å². The van der Waals surface area contributed by atoms with Crippen molar-refractivity contribution in [3.8, 4) is 0 Å². The van der Waals surface area contributed by atoms with E-state index in [1.54, 1.807) is 24.3 Å². The summed E-state index contributed by atoms with van der Waals surface area (Å²) >= 11 is 0. The van der Waals surface area contributed by atoms with Crippen molar-refractivity contribution in [3.63, 3.8) is 0 Å². The minimum absolute atomic E-state index is 0.433. The van der Waals surface area contributed by atoms with Gasteiger partial charge in [-0.2, -0.15) is 5.17 Å². The number of nitrogens with zero attached hydrogens (tertiary/aromatic N) is 2. The van der Waals surface area contributed by atoms with Crippen molar-refractivity contribution in [1.29, 1.82) is 0 Å². The molecule has 3 N–H and O–H groups in total. The molecule has 0 heterocycles. The molecule has 1 aromatic carbocycles. The molecular formula is C7H9N3O. The van der Waals surface area contributed by atoms with Gasteiger partial charge in [0, 0.05) is 0 Å². The third-order valence-electron chi connectivity index (χ3n) is 1.30. The molecule has 0 aliphatic carbocycles. The summed E-state index contributed by atoms with van der Waals surface area (Å²) in [5.41, 5.74) is 0.986. The van der Waals surface area contributed by atoms with Crippen molar-refractivity contribution >= 4 is 18.1 Å². The van der Waals surface area contributed by atoms with E-state index in [4.69, 9.17) is 11.0 Å². The number of rotatable bonds is 2. The third-order valence-corrected chi connectivity index (χ3v) is 1.30. The van der Waals surface area contributed by atoms with Crippen LogP contribution in [0.4, 0.5) is 11.4 Å². The van der Waals surface area contributed by atoms with Gasteiger partial charge in [0.1, 0.15) is 5.69 Å². The summed E-state index contributed by atoms with van der Waals surface area (Å²) in [6.45, 7) is 3.33. The molecule has 0 bridgehead atoms. The van der Waals surface area contributed by atoms with Crippen LogP contribution in [0.25, 0.3) is 0 Å². The van der Waals surface area contributed by atoms with Crippen LogP contribution in [-0.2, 0) is 0 Å².